The van der Waals surface area contributed by atoms with Gasteiger partial charge in [0.2, 0.25) is 18.6 Å². The van der Waals surface area contributed by atoms with E-state index in [0.29, 0.717) is 142 Å². The van der Waals surface area contributed by atoms with Crippen molar-refractivity contribution in [2.45, 2.75) is 413 Å². The van der Waals surface area contributed by atoms with E-state index >= 15 is 0 Å². The lowest BCUT2D eigenvalue weighted by molar-refractivity contribution is -0.483. The van der Waals surface area contributed by atoms with Gasteiger partial charge >= 0.3 is 71.8 Å². The summed E-state index contributed by atoms with van der Waals surface area (Å²) in [5.41, 5.74) is 0. The lowest BCUT2D eigenvalue weighted by Gasteiger charge is -2.22. The van der Waals surface area contributed by atoms with Crippen molar-refractivity contribution >= 4 is 90.3 Å². The smallest absolute Gasteiger partial charge is 0.438 e. The molecule has 1 fully saturated rings. The molecule has 1 rings (SSSR count). The predicted octanol–water partition coefficient (Wildman–Crippen LogP) is 18.6. The number of nitrogens with one attached hydrogen (secondary N) is 1. The zero-order valence-corrected chi connectivity index (χ0v) is 71.1. The van der Waals surface area contributed by atoms with Crippen LogP contribution in [0.5, 0.6) is 0 Å². The molecule has 1 amide bonds. The van der Waals surface area contributed by atoms with Crippen LogP contribution in [-0.2, 0) is 144 Å². The number of rotatable bonds is 65. The molecule has 141 heavy (non-hydrogen) atoms. The van der Waals surface area contributed by atoms with Gasteiger partial charge in [-0.2, -0.15) is 9.78 Å². The van der Waals surface area contributed by atoms with Crippen molar-refractivity contribution in [3.63, 3.8) is 0 Å². The number of hydrogen-bond acceptors (Lipinski definition) is 41. The van der Waals surface area contributed by atoms with Crippen LogP contribution in [0.3, 0.4) is 0 Å². The first-order chi connectivity index (χ1) is 57.9. The molecule has 856 valence electrons. The summed E-state index contributed by atoms with van der Waals surface area (Å²) in [6.45, 7) is 21.0. The highest BCUT2D eigenvalue weighted by atomic mass is 17.5. The minimum Gasteiger partial charge on any atom is -0.466 e. The van der Waals surface area contributed by atoms with E-state index in [1.807, 2.05) is 0 Å². The molecule has 42 heteroatoms. The monoisotopic (exact) mass is 2070 g/mol. The van der Waals surface area contributed by atoms with Gasteiger partial charge in [0.1, 0.15) is 55.9 Å². The van der Waals surface area contributed by atoms with E-state index in [1.165, 1.54) is 60.8 Å². The second kappa shape index (κ2) is 146. The molecular weight excluding hydrogens is 1850 g/mol. The Labute approximate surface area is 853 Å². The van der Waals surface area contributed by atoms with E-state index in [2.05, 4.69) is 73.8 Å². The van der Waals surface area contributed by atoms with E-state index in [-0.39, 0.29) is 269 Å². The number of unbranched alkanes of at least 4 members (excludes halogenated alkanes) is 16. The van der Waals surface area contributed by atoms with Gasteiger partial charge in [0.25, 0.3) is 0 Å². The topological polar surface area (TPSA) is 587 Å². The van der Waals surface area contributed by atoms with Crippen LogP contribution in [0, 0.1) is 0 Å². The van der Waals surface area contributed by atoms with Gasteiger partial charge in [0.05, 0.1) is 52.7 Å². The van der Waals surface area contributed by atoms with Crippen molar-refractivity contribution in [3.05, 3.63) is 37.0 Å². The Morgan fingerprint density at radius 3 is 0.986 bits per heavy atom. The molecule has 0 bridgehead atoms. The maximum atomic E-state index is 11.9. The summed E-state index contributed by atoms with van der Waals surface area (Å²) in [6.07, 6.45) is 15.8. The zero-order chi connectivity index (χ0) is 91.9. The molecule has 0 aromatic carbocycles. The molecule has 0 aromatic heterocycles. The minimum atomic E-state index is -1.11. The third-order valence-electron chi connectivity index (χ3n) is 14.6. The number of cyclic esters (lactones) is 2. The summed E-state index contributed by atoms with van der Waals surface area (Å²) in [4.78, 5) is 184. The van der Waals surface area contributed by atoms with Crippen LogP contribution in [0.15, 0.2) is 52.0 Å². The largest absolute Gasteiger partial charge is 0.466 e. The number of hydrogen-bond donors (Lipinski definition) is 8. The molecule has 6 unspecified atom stereocenters. The van der Waals surface area contributed by atoms with Crippen molar-refractivity contribution in [2.24, 2.45) is 15.0 Å². The molecule has 0 aliphatic carbocycles. The number of amides is 1. The number of aliphatic hydroxyl groups excluding tert-OH is 7. The van der Waals surface area contributed by atoms with Gasteiger partial charge in [0.15, 0.2) is 24.4 Å². The first kappa shape index (κ1) is 197. The third-order valence-corrected chi connectivity index (χ3v) is 14.6. The molecule has 42 nitrogen and oxygen atoms in total. The molecule has 0 spiro atoms. The summed E-state index contributed by atoms with van der Waals surface area (Å²) in [5, 5.41) is 67.4. The second-order valence-corrected chi connectivity index (χ2v) is 25.7. The highest BCUT2D eigenvalue weighted by Crippen LogP contribution is 2.12. The fourth-order valence-corrected chi connectivity index (χ4v) is 8.03. The average molecular weight is 2070 g/mol. The molecule has 1 saturated heterocycles. The van der Waals surface area contributed by atoms with Gasteiger partial charge in [-0.15, -0.1) is 0 Å². The average Bonchev–Trinajstić information content (AvgIpc) is 0.870. The highest BCUT2D eigenvalue weighted by Gasteiger charge is 2.32. The van der Waals surface area contributed by atoms with Gasteiger partial charge in [0, 0.05) is 71.9 Å². The molecule has 0 saturated carbocycles. The van der Waals surface area contributed by atoms with Crippen LogP contribution in [0.2, 0.25) is 0 Å². The first-order valence-electron chi connectivity index (χ1n) is 40.0. The van der Waals surface area contributed by atoms with Gasteiger partial charge in [-0.3, -0.25) is 38.7 Å². The number of aliphatic imine (C=N–C) groups is 3. The van der Waals surface area contributed by atoms with Crippen LogP contribution in [0.4, 0.5) is 4.79 Å². The molecule has 1 aliphatic rings. The third kappa shape index (κ3) is 146. The fourth-order valence-electron chi connectivity index (χ4n) is 8.03. The first-order valence-corrected chi connectivity index (χ1v) is 40.0. The zero-order valence-electron chi connectivity index (χ0n) is 71.1. The van der Waals surface area contributed by atoms with E-state index in [0.717, 1.165) is 64.2 Å². The van der Waals surface area contributed by atoms with Crippen LogP contribution < -0.4 is 5.32 Å². The van der Waals surface area contributed by atoms with Crippen molar-refractivity contribution in [2.75, 3.05) is 113 Å². The van der Waals surface area contributed by atoms with E-state index < -0.39 is 97.1 Å². The SMILES string of the molecule is C.C.C.C.C.C.C.C.C.C.C.C.C.C.C.C.C.C.C.C.C=C(CO)OC(=O)CCCCCO.C=C(CO)OC(=O)CCCCCOC(=O)C(C)O.C=C(CO)OC(=O)CCCCCOC(=O)C(C)OOOC=NCCCCCCNC(=O)OOC(C)C(=O)OCCCCCC(=O)OCCOC.CC(O)C(=O)OCCCCCC(=O)OCCCO.CC1OC(=O)C(C)OC1=O.O=C=NCCCCCCN=C=O. The Kier molecular flexibility index (Phi) is 204. The summed E-state index contributed by atoms with van der Waals surface area (Å²) in [5.74, 6) is -5.31. The maximum Gasteiger partial charge on any atom is 0.438 e. The minimum absolute atomic E-state index is 0. The van der Waals surface area contributed by atoms with E-state index in [1.54, 1.807) is 0 Å². The predicted molar refractivity (Wildman–Crippen MR) is 559 cm³/mol. The number of carbonyl (C=O) groups excluding carboxylic acids is 14. The van der Waals surface area contributed by atoms with Crippen molar-refractivity contribution in [1.82, 2.24) is 5.32 Å². The summed E-state index contributed by atoms with van der Waals surface area (Å²) >= 11 is 0. The van der Waals surface area contributed by atoms with Gasteiger partial charge < -0.3 is 97.9 Å². The maximum absolute atomic E-state index is 11.9. The number of ether oxygens (including phenoxy) is 12. The van der Waals surface area contributed by atoms with Crippen molar-refractivity contribution in [3.8, 4) is 0 Å². The normalized spacial score (nSPS) is 11.2. The van der Waals surface area contributed by atoms with Crippen LogP contribution >= 0.6 is 0 Å². The number of aliphatic hydroxyl groups is 7. The molecule has 6 atom stereocenters. The standard InChI is InChI=1S/C32H54N2O16.C12H20O6.C12H22O6.C9H16O4.C8H12N2O2.C6H8O4.20CH4/c1-25(23-35)46-29(37)16-10-8-14-20-44-31(39)27(3)48-50-45-24-33-17-11-5-6-12-18-34-32(40)49-47-26(2)30(38)43-19-13-7-9-15-28(36)42-22-21-41-4;1-9(8-13)18-11(15)6-4-3-5-7-17-12(16)10(2)14;1-10(14)12(16)18-8-4-2-3-6-11(15)17-9-5-7-13;1-8(7-11)13-9(12)5-3-2-4-6-10;11-7-9-5-3-1-2-4-6-10-8-12;1-3-5(7)10-4(2)6(8)9-3;;;;;;;;;;;;;;;;;;;;/h24,26-27,35H,1,5-23H2,2-4H3,(H,34,40);10,13-14H,1,3-8H2,2H3;10,13-14H,2-9H2,1H3;10-11H,1-7H2;1-6H2;3-4H,1-2H3;20*1H4. The van der Waals surface area contributed by atoms with Crippen molar-refractivity contribution in [1.29, 1.82) is 0 Å². The Balaban J connectivity index is -0.0000000540. The molecule has 0 radical (unpaired) electrons. The Bertz CT molecular complexity index is 2930. The lowest BCUT2D eigenvalue weighted by atomic mass is 10.2. The lowest BCUT2D eigenvalue weighted by Crippen LogP contribution is -2.40. The van der Waals surface area contributed by atoms with E-state index in [9.17, 15) is 67.1 Å². The quantitative estimate of drug-likeness (QED) is 0.00323. The Morgan fingerprint density at radius 1 is 0.376 bits per heavy atom. The van der Waals surface area contributed by atoms with Crippen LogP contribution in [-0.4, -0.2) is 275 Å². The second-order valence-electron chi connectivity index (χ2n) is 25.7. The van der Waals surface area contributed by atoms with Gasteiger partial charge in [-0.1, -0.05) is 200 Å². The number of isocyanates is 2. The molecule has 8 N–H and O–H groups in total. The Hall–Kier alpha value is -9.55. The van der Waals surface area contributed by atoms with Gasteiger partial charge in [-0.25, -0.2) is 53.1 Å². The fraction of sp³-hybridized carbons (Fsp3) is 0.788. The summed E-state index contributed by atoms with van der Waals surface area (Å²) in [7, 11) is 1.52. The molecular formula is C99H212N4O38. The molecule has 1 heterocycles. The summed E-state index contributed by atoms with van der Waals surface area (Å²) < 4.78 is 57.5. The molecule has 0 aromatic rings. The molecule has 1 aliphatic heterocycles. The summed E-state index contributed by atoms with van der Waals surface area (Å²) in [6, 6.07) is 0. The number of nitrogens with zero attached hydrogens (tertiary/aromatic N) is 3. The van der Waals surface area contributed by atoms with Gasteiger partial charge in [-0.05, 0) is 162 Å². The van der Waals surface area contributed by atoms with Crippen LogP contribution in [0.1, 0.15) is 376 Å². The highest BCUT2D eigenvalue weighted by molar-refractivity contribution is 5.87. The number of methoxy groups -OCH3 is 1. The van der Waals surface area contributed by atoms with Crippen molar-refractivity contribution < 1.29 is 184 Å². The number of esters is 11. The van der Waals surface area contributed by atoms with E-state index in [4.69, 9.17) is 83.4 Å². The Morgan fingerprint density at radius 2 is 0.667 bits per heavy atom. The number of carbonyl (C=O) groups is 12. The van der Waals surface area contributed by atoms with Crippen LogP contribution in [0.25, 0.3) is 0 Å².